The van der Waals surface area contributed by atoms with Gasteiger partial charge in [0.15, 0.2) is 11.5 Å². The number of nitrogens with zero attached hydrogens (tertiary/aromatic N) is 2. The molecule has 0 radical (unpaired) electrons. The number of amides is 1. The summed E-state index contributed by atoms with van der Waals surface area (Å²) in [6, 6.07) is 15.7. The summed E-state index contributed by atoms with van der Waals surface area (Å²) in [5.74, 6) is 1.27. The molecule has 1 aromatic heterocycles. The van der Waals surface area contributed by atoms with E-state index in [-0.39, 0.29) is 5.56 Å². The van der Waals surface area contributed by atoms with Crippen molar-refractivity contribution in [2.75, 3.05) is 21.3 Å². The van der Waals surface area contributed by atoms with Crippen molar-refractivity contribution >= 4 is 12.1 Å². The smallest absolute Gasteiger partial charge is 0.276 e. The maximum absolute atomic E-state index is 12.7. The van der Waals surface area contributed by atoms with Crippen molar-refractivity contribution in [3.8, 4) is 17.2 Å². The molecule has 3 rings (SSSR count). The number of aromatic nitrogens is 1. The minimum absolute atomic E-state index is 0.000438. The second-order valence-corrected chi connectivity index (χ2v) is 6.52. The highest BCUT2D eigenvalue weighted by atomic mass is 16.5. The molecule has 0 spiro atoms. The predicted octanol–water partition coefficient (Wildman–Crippen LogP) is 2.69. The van der Waals surface area contributed by atoms with E-state index in [1.165, 1.54) is 24.0 Å². The Balaban J connectivity index is 1.71. The van der Waals surface area contributed by atoms with Gasteiger partial charge in [0.25, 0.3) is 11.5 Å². The van der Waals surface area contributed by atoms with Gasteiger partial charge >= 0.3 is 0 Å². The van der Waals surface area contributed by atoms with E-state index in [2.05, 4.69) is 10.5 Å². The zero-order chi connectivity index (χ0) is 22.2. The lowest BCUT2D eigenvalue weighted by atomic mass is 10.2. The summed E-state index contributed by atoms with van der Waals surface area (Å²) in [6.07, 6.45) is 3.09. The molecule has 0 unspecified atom stereocenters. The number of hydrazone groups is 1. The number of hydrogen-bond donors (Lipinski definition) is 1. The molecule has 2 aromatic carbocycles. The number of nitrogens with one attached hydrogen (secondary N) is 1. The largest absolute Gasteiger partial charge is 0.497 e. The van der Waals surface area contributed by atoms with Gasteiger partial charge in [0, 0.05) is 6.20 Å². The summed E-state index contributed by atoms with van der Waals surface area (Å²) < 4.78 is 17.0. The Kier molecular flexibility index (Phi) is 7.05. The highest BCUT2D eigenvalue weighted by Crippen LogP contribution is 2.26. The van der Waals surface area contributed by atoms with Crippen LogP contribution in [-0.4, -0.2) is 38.0 Å². The van der Waals surface area contributed by atoms with Gasteiger partial charge in [-0.25, -0.2) is 5.43 Å². The summed E-state index contributed by atoms with van der Waals surface area (Å²) in [4.78, 5) is 25.2. The van der Waals surface area contributed by atoms with E-state index in [1.807, 2.05) is 24.3 Å². The molecule has 0 aliphatic heterocycles. The molecule has 0 saturated heterocycles. The van der Waals surface area contributed by atoms with E-state index in [9.17, 15) is 9.59 Å². The Morgan fingerprint density at radius 2 is 1.74 bits per heavy atom. The molecule has 3 aromatic rings. The Morgan fingerprint density at radius 1 is 1.00 bits per heavy atom. The van der Waals surface area contributed by atoms with Crippen LogP contribution >= 0.6 is 0 Å². The predicted molar refractivity (Wildman–Crippen MR) is 117 cm³/mol. The van der Waals surface area contributed by atoms with E-state index in [0.717, 1.165) is 11.3 Å². The molecule has 0 atom stereocenters. The third-order valence-electron chi connectivity index (χ3n) is 4.56. The molecular formula is C23H23N3O5. The Labute approximate surface area is 179 Å². The van der Waals surface area contributed by atoms with Crippen LogP contribution in [0.3, 0.4) is 0 Å². The van der Waals surface area contributed by atoms with Crippen LogP contribution in [0.15, 0.2) is 70.7 Å². The normalized spacial score (nSPS) is 10.7. The van der Waals surface area contributed by atoms with Crippen molar-refractivity contribution in [1.29, 1.82) is 0 Å². The van der Waals surface area contributed by atoms with Crippen molar-refractivity contribution < 1.29 is 19.0 Å². The van der Waals surface area contributed by atoms with Crippen LogP contribution in [0.25, 0.3) is 0 Å². The van der Waals surface area contributed by atoms with Gasteiger partial charge in [-0.05, 0) is 53.6 Å². The van der Waals surface area contributed by atoms with Crippen molar-refractivity contribution in [3.05, 3.63) is 87.8 Å². The van der Waals surface area contributed by atoms with Crippen LogP contribution in [0, 0.1) is 0 Å². The summed E-state index contributed by atoms with van der Waals surface area (Å²) >= 11 is 0. The van der Waals surface area contributed by atoms with Crippen molar-refractivity contribution in [3.63, 3.8) is 0 Å². The monoisotopic (exact) mass is 421 g/mol. The summed E-state index contributed by atoms with van der Waals surface area (Å²) in [5.41, 5.74) is 3.59. The van der Waals surface area contributed by atoms with Gasteiger partial charge in [-0.2, -0.15) is 5.10 Å². The second kappa shape index (κ2) is 10.1. The van der Waals surface area contributed by atoms with Crippen LogP contribution in [0.2, 0.25) is 0 Å². The number of benzene rings is 2. The fourth-order valence-electron chi connectivity index (χ4n) is 2.92. The summed E-state index contributed by atoms with van der Waals surface area (Å²) in [6.45, 7) is 0.332. The maximum atomic E-state index is 12.7. The average molecular weight is 421 g/mol. The Morgan fingerprint density at radius 3 is 2.42 bits per heavy atom. The molecule has 160 valence electrons. The van der Waals surface area contributed by atoms with Gasteiger partial charge in [0.1, 0.15) is 11.3 Å². The molecule has 1 N–H and O–H groups in total. The molecule has 0 bridgehead atoms. The Bertz CT molecular complexity index is 1140. The van der Waals surface area contributed by atoms with Gasteiger partial charge < -0.3 is 18.8 Å². The standard InChI is InChI=1S/C23H23N3O5/c1-29-18-9-6-16(7-10-18)15-26-12-4-5-19(23(26)28)22(27)25-24-14-17-8-11-20(30-2)21(13-17)31-3/h4-14H,15H2,1-3H3,(H,25,27)/b24-14-. The maximum Gasteiger partial charge on any atom is 0.276 e. The van der Waals surface area contributed by atoms with Gasteiger partial charge in [-0.1, -0.05) is 12.1 Å². The molecule has 1 heterocycles. The van der Waals surface area contributed by atoms with E-state index in [1.54, 1.807) is 44.7 Å². The van der Waals surface area contributed by atoms with Gasteiger partial charge in [-0.15, -0.1) is 0 Å². The lowest BCUT2D eigenvalue weighted by molar-refractivity contribution is 0.0953. The zero-order valence-electron chi connectivity index (χ0n) is 17.5. The average Bonchev–Trinajstić information content (AvgIpc) is 2.80. The van der Waals surface area contributed by atoms with Crippen molar-refractivity contribution in [2.45, 2.75) is 6.54 Å². The number of methoxy groups -OCH3 is 3. The van der Waals surface area contributed by atoms with Crippen LogP contribution < -0.4 is 25.2 Å². The molecular weight excluding hydrogens is 398 g/mol. The Hall–Kier alpha value is -4.07. The molecule has 0 fully saturated rings. The molecule has 1 amide bonds. The highest BCUT2D eigenvalue weighted by molar-refractivity contribution is 5.94. The van der Waals surface area contributed by atoms with Crippen LogP contribution in [0.4, 0.5) is 0 Å². The molecule has 31 heavy (non-hydrogen) atoms. The van der Waals surface area contributed by atoms with Crippen LogP contribution in [0.1, 0.15) is 21.5 Å². The summed E-state index contributed by atoms with van der Waals surface area (Å²) in [5, 5.41) is 3.94. The lowest BCUT2D eigenvalue weighted by Crippen LogP contribution is -2.30. The third kappa shape index (κ3) is 5.30. The van der Waals surface area contributed by atoms with E-state index in [0.29, 0.717) is 23.6 Å². The van der Waals surface area contributed by atoms with Crippen molar-refractivity contribution in [2.24, 2.45) is 5.10 Å². The van der Waals surface area contributed by atoms with Gasteiger partial charge in [-0.3, -0.25) is 9.59 Å². The third-order valence-corrected chi connectivity index (χ3v) is 4.56. The fourth-order valence-corrected chi connectivity index (χ4v) is 2.92. The topological polar surface area (TPSA) is 91.2 Å². The molecule has 8 nitrogen and oxygen atoms in total. The second-order valence-electron chi connectivity index (χ2n) is 6.52. The first-order valence-corrected chi connectivity index (χ1v) is 9.43. The number of rotatable bonds is 8. The minimum atomic E-state index is -0.592. The zero-order valence-corrected chi connectivity index (χ0v) is 17.5. The first-order valence-electron chi connectivity index (χ1n) is 9.43. The summed E-state index contributed by atoms with van der Waals surface area (Å²) in [7, 11) is 4.68. The van der Waals surface area contributed by atoms with Crippen LogP contribution in [0.5, 0.6) is 17.2 Å². The molecule has 0 saturated carbocycles. The fraction of sp³-hybridized carbons (Fsp3) is 0.174. The molecule has 0 aliphatic rings. The molecule has 0 aliphatic carbocycles. The van der Waals surface area contributed by atoms with E-state index in [4.69, 9.17) is 14.2 Å². The van der Waals surface area contributed by atoms with Crippen LogP contribution in [-0.2, 0) is 6.54 Å². The minimum Gasteiger partial charge on any atom is -0.497 e. The first-order chi connectivity index (χ1) is 15.0. The van der Waals surface area contributed by atoms with E-state index < -0.39 is 11.5 Å². The van der Waals surface area contributed by atoms with Crippen molar-refractivity contribution in [1.82, 2.24) is 9.99 Å². The highest BCUT2D eigenvalue weighted by Gasteiger charge is 2.12. The number of carbonyl (C=O) groups excluding carboxylic acids is 1. The van der Waals surface area contributed by atoms with E-state index >= 15 is 0 Å². The van der Waals surface area contributed by atoms with Gasteiger partial charge in [0.2, 0.25) is 0 Å². The first kappa shape index (κ1) is 21.6. The number of pyridine rings is 1. The molecule has 8 heteroatoms. The quantitative estimate of drug-likeness (QED) is 0.446. The number of carbonyl (C=O) groups is 1. The number of ether oxygens (including phenoxy) is 3. The number of hydrogen-bond acceptors (Lipinski definition) is 6. The van der Waals surface area contributed by atoms with Gasteiger partial charge in [0.05, 0.1) is 34.1 Å². The lowest BCUT2D eigenvalue weighted by Gasteiger charge is -2.08. The SMILES string of the molecule is COc1ccc(Cn2cccc(C(=O)N/N=C\c3ccc(OC)c(OC)c3)c2=O)cc1.